The zero-order chi connectivity index (χ0) is 8.81. The van der Waals surface area contributed by atoms with Crippen LogP contribution in [0.25, 0.3) is 0 Å². The first kappa shape index (κ1) is 9.23. The van der Waals surface area contributed by atoms with Crippen molar-refractivity contribution in [1.29, 1.82) is 0 Å². The summed E-state index contributed by atoms with van der Waals surface area (Å²) in [4.78, 5) is 4.46. The molecule has 0 bridgehead atoms. The molecule has 1 heterocycles. The van der Waals surface area contributed by atoms with Crippen LogP contribution in [-0.2, 0) is 0 Å². The fourth-order valence-corrected chi connectivity index (χ4v) is 1.36. The van der Waals surface area contributed by atoms with E-state index in [4.69, 9.17) is 0 Å². The van der Waals surface area contributed by atoms with Crippen LogP contribution in [0, 0.1) is 0 Å². The van der Waals surface area contributed by atoms with Gasteiger partial charge in [0.05, 0.1) is 0 Å². The van der Waals surface area contributed by atoms with Crippen molar-refractivity contribution < 1.29 is 0 Å². The molecule has 0 aliphatic carbocycles. The second-order valence-corrected chi connectivity index (χ2v) is 3.02. The van der Waals surface area contributed by atoms with Crippen LogP contribution in [0.4, 0.5) is 0 Å². The van der Waals surface area contributed by atoms with Crippen molar-refractivity contribution in [2.24, 2.45) is 10.1 Å². The molecule has 0 aromatic carbocycles. The van der Waals surface area contributed by atoms with E-state index >= 15 is 0 Å². The van der Waals surface area contributed by atoms with Gasteiger partial charge >= 0.3 is 0 Å². The summed E-state index contributed by atoms with van der Waals surface area (Å²) in [6, 6.07) is 0. The highest BCUT2D eigenvalue weighted by Crippen LogP contribution is 2.11. The van der Waals surface area contributed by atoms with Crippen LogP contribution in [0.3, 0.4) is 0 Å². The number of rotatable bonds is 3. The first-order valence-electron chi connectivity index (χ1n) is 4.66. The van der Waals surface area contributed by atoms with Gasteiger partial charge in [-0.1, -0.05) is 6.92 Å². The van der Waals surface area contributed by atoms with Crippen molar-refractivity contribution in [2.75, 3.05) is 13.1 Å². The predicted molar refractivity (Wildman–Crippen MR) is 52.7 cm³/mol. The Labute approximate surface area is 74.2 Å². The van der Waals surface area contributed by atoms with Gasteiger partial charge in [-0.05, 0) is 19.3 Å². The molecule has 0 saturated carbocycles. The molecule has 0 amide bonds. The molecule has 12 heavy (non-hydrogen) atoms. The first-order valence-corrected chi connectivity index (χ1v) is 4.66. The lowest BCUT2D eigenvalue weighted by Crippen LogP contribution is -2.30. The highest BCUT2D eigenvalue weighted by atomic mass is 15.5. The minimum atomic E-state index is 0.918. The van der Waals surface area contributed by atoms with Crippen LogP contribution >= 0.6 is 0 Å². The van der Waals surface area contributed by atoms with Crippen molar-refractivity contribution in [3.63, 3.8) is 0 Å². The summed E-state index contributed by atoms with van der Waals surface area (Å²) in [5.74, 6) is 1.12. The Balaban J connectivity index is 2.51. The van der Waals surface area contributed by atoms with Gasteiger partial charge in [0.15, 0.2) is 0 Å². The summed E-state index contributed by atoms with van der Waals surface area (Å²) in [6.45, 7) is 7.59. The quantitative estimate of drug-likeness (QED) is 0.590. The van der Waals surface area contributed by atoms with Crippen LogP contribution < -0.4 is 0 Å². The molecule has 1 saturated heterocycles. The highest BCUT2D eigenvalue weighted by Gasteiger charge is 2.13. The smallest absolute Gasteiger partial charge is 0.119 e. The Hall–Kier alpha value is -0.860. The van der Waals surface area contributed by atoms with Gasteiger partial charge in [0, 0.05) is 26.2 Å². The number of amidine groups is 1. The Bertz CT molecular complexity index is 175. The molecule has 1 fully saturated rings. The molecule has 0 spiro atoms. The van der Waals surface area contributed by atoms with E-state index in [1.54, 1.807) is 0 Å². The maximum atomic E-state index is 4.46. The van der Waals surface area contributed by atoms with Crippen LogP contribution in [0.15, 0.2) is 10.1 Å². The molecule has 0 unspecified atom stereocenters. The molecule has 0 atom stereocenters. The maximum absolute atomic E-state index is 4.46. The summed E-state index contributed by atoms with van der Waals surface area (Å²) in [5, 5.41) is 5.86. The zero-order valence-corrected chi connectivity index (χ0v) is 7.79. The third-order valence-electron chi connectivity index (χ3n) is 2.01. The van der Waals surface area contributed by atoms with Gasteiger partial charge in [0.2, 0.25) is 0 Å². The van der Waals surface area contributed by atoms with Gasteiger partial charge in [-0.15, -0.1) is 0 Å². The van der Waals surface area contributed by atoms with E-state index < -0.39 is 0 Å². The third kappa shape index (κ3) is 2.32. The van der Waals surface area contributed by atoms with Gasteiger partial charge in [-0.2, -0.15) is 5.10 Å². The normalized spacial score (nSPS) is 21.4. The lowest BCUT2D eigenvalue weighted by Gasteiger charge is -2.24. The largest absolute Gasteiger partial charge is 0.271 e. The van der Waals surface area contributed by atoms with E-state index in [9.17, 15) is 0 Å². The molecule has 1 aliphatic heterocycles. The van der Waals surface area contributed by atoms with Crippen molar-refractivity contribution in [1.82, 2.24) is 5.01 Å². The number of hydrogen-bond acceptors (Lipinski definition) is 2. The van der Waals surface area contributed by atoms with Crippen molar-refractivity contribution in [3.8, 4) is 0 Å². The number of aliphatic imine (C=N–C) groups is 1. The SMILES string of the molecule is C=NN1CCCC/C1=N/CCC. The summed E-state index contributed by atoms with van der Waals surface area (Å²) >= 11 is 0. The van der Waals surface area contributed by atoms with Crippen molar-refractivity contribution in [3.05, 3.63) is 0 Å². The van der Waals surface area contributed by atoms with Crippen molar-refractivity contribution >= 4 is 12.6 Å². The van der Waals surface area contributed by atoms with Crippen LogP contribution in [-0.4, -0.2) is 30.7 Å². The van der Waals surface area contributed by atoms with E-state index in [1.165, 1.54) is 12.8 Å². The molecule has 1 rings (SSSR count). The highest BCUT2D eigenvalue weighted by molar-refractivity contribution is 5.82. The summed E-state index contributed by atoms with van der Waals surface area (Å²) in [7, 11) is 0. The Morgan fingerprint density at radius 1 is 1.50 bits per heavy atom. The molecule has 0 aromatic heterocycles. The average Bonchev–Trinajstić information content (AvgIpc) is 2.15. The van der Waals surface area contributed by atoms with Crippen LogP contribution in [0.5, 0.6) is 0 Å². The molecular weight excluding hydrogens is 150 g/mol. The van der Waals surface area contributed by atoms with E-state index in [0.29, 0.717) is 0 Å². The monoisotopic (exact) mass is 167 g/mol. The van der Waals surface area contributed by atoms with E-state index in [2.05, 4.69) is 23.7 Å². The number of piperidine rings is 1. The second kappa shape index (κ2) is 4.91. The van der Waals surface area contributed by atoms with Gasteiger partial charge in [0.25, 0.3) is 0 Å². The van der Waals surface area contributed by atoms with Gasteiger partial charge in [0.1, 0.15) is 5.84 Å². The molecule has 0 radical (unpaired) electrons. The number of hydrazone groups is 1. The lowest BCUT2D eigenvalue weighted by atomic mass is 10.1. The molecular formula is C9H17N3. The fourth-order valence-electron chi connectivity index (χ4n) is 1.36. The summed E-state index contributed by atoms with van der Waals surface area (Å²) < 4.78 is 0. The Morgan fingerprint density at radius 2 is 2.33 bits per heavy atom. The Morgan fingerprint density at radius 3 is 3.00 bits per heavy atom. The van der Waals surface area contributed by atoms with Crippen LogP contribution in [0.2, 0.25) is 0 Å². The van der Waals surface area contributed by atoms with Gasteiger partial charge < -0.3 is 0 Å². The second-order valence-electron chi connectivity index (χ2n) is 3.02. The Kier molecular flexibility index (Phi) is 3.77. The maximum Gasteiger partial charge on any atom is 0.119 e. The average molecular weight is 167 g/mol. The van der Waals surface area contributed by atoms with Crippen LogP contribution in [0.1, 0.15) is 32.6 Å². The minimum Gasteiger partial charge on any atom is -0.271 e. The van der Waals surface area contributed by atoms with E-state index in [-0.39, 0.29) is 0 Å². The fraction of sp³-hybridized carbons (Fsp3) is 0.778. The summed E-state index contributed by atoms with van der Waals surface area (Å²) in [6.07, 6.45) is 4.63. The molecule has 0 aromatic rings. The zero-order valence-electron chi connectivity index (χ0n) is 7.79. The van der Waals surface area contributed by atoms with Gasteiger partial charge in [-0.3, -0.25) is 10.0 Å². The topological polar surface area (TPSA) is 28.0 Å². The standard InChI is InChI=1S/C9H17N3/c1-3-7-11-9-6-4-5-8-12(9)10-2/h2-8H2,1H3/b11-9-. The molecule has 3 heteroatoms. The predicted octanol–water partition coefficient (Wildman–Crippen LogP) is 1.90. The lowest BCUT2D eigenvalue weighted by molar-refractivity contribution is 0.389. The molecule has 1 aliphatic rings. The number of hydrogen-bond donors (Lipinski definition) is 0. The minimum absolute atomic E-state index is 0.918. The molecule has 0 N–H and O–H groups in total. The van der Waals surface area contributed by atoms with E-state index in [1.807, 2.05) is 5.01 Å². The van der Waals surface area contributed by atoms with Crippen molar-refractivity contribution in [2.45, 2.75) is 32.6 Å². The molecule has 3 nitrogen and oxygen atoms in total. The summed E-state index contributed by atoms with van der Waals surface area (Å²) in [5.41, 5.74) is 0. The third-order valence-corrected chi connectivity index (χ3v) is 2.01. The molecule has 68 valence electrons. The number of nitrogens with zero attached hydrogens (tertiary/aromatic N) is 3. The van der Waals surface area contributed by atoms with E-state index in [0.717, 1.165) is 31.8 Å². The van der Waals surface area contributed by atoms with Gasteiger partial charge in [-0.25, -0.2) is 0 Å². The first-order chi connectivity index (χ1) is 5.88.